The van der Waals surface area contributed by atoms with Gasteiger partial charge in [0, 0.05) is 22.0 Å². The molecule has 98 valence electrons. The van der Waals surface area contributed by atoms with E-state index in [1.807, 2.05) is 10.8 Å². The zero-order chi connectivity index (χ0) is 13.8. The standard InChI is InChI=1S/C11H7Cl2N3O2S/c12-8-1-2-10(16(17)18)9(5-8)14-15-11(13)7-3-4-19-6-7/h1-6,14H/b15-11+. The maximum Gasteiger partial charge on any atom is 0.294 e. The molecule has 1 aromatic carbocycles. The van der Waals surface area contributed by atoms with E-state index in [4.69, 9.17) is 23.2 Å². The highest BCUT2D eigenvalue weighted by atomic mass is 35.5. The van der Waals surface area contributed by atoms with Crippen molar-refractivity contribution in [3.63, 3.8) is 0 Å². The van der Waals surface area contributed by atoms with Crippen molar-refractivity contribution < 1.29 is 4.92 Å². The normalized spacial score (nSPS) is 11.4. The van der Waals surface area contributed by atoms with E-state index in [0.717, 1.165) is 5.56 Å². The molecule has 0 aliphatic carbocycles. The van der Waals surface area contributed by atoms with Crippen LogP contribution in [0.2, 0.25) is 5.02 Å². The maximum atomic E-state index is 10.8. The minimum absolute atomic E-state index is 0.122. The lowest BCUT2D eigenvalue weighted by Gasteiger charge is -2.03. The van der Waals surface area contributed by atoms with E-state index in [1.165, 1.54) is 29.5 Å². The number of hydrogen-bond acceptors (Lipinski definition) is 5. The monoisotopic (exact) mass is 315 g/mol. The summed E-state index contributed by atoms with van der Waals surface area (Å²) in [6.07, 6.45) is 0. The largest absolute Gasteiger partial charge is 0.294 e. The van der Waals surface area contributed by atoms with Crippen molar-refractivity contribution in [1.82, 2.24) is 0 Å². The Kier molecular flexibility index (Phi) is 4.36. The Morgan fingerprint density at radius 3 is 2.84 bits per heavy atom. The summed E-state index contributed by atoms with van der Waals surface area (Å²) in [5.41, 5.74) is 3.36. The van der Waals surface area contributed by atoms with Gasteiger partial charge in [0.05, 0.1) is 4.92 Å². The first kappa shape index (κ1) is 13.8. The minimum Gasteiger partial charge on any atom is -0.270 e. The number of benzene rings is 1. The van der Waals surface area contributed by atoms with Gasteiger partial charge in [-0.1, -0.05) is 23.2 Å². The van der Waals surface area contributed by atoms with Crippen LogP contribution in [0.5, 0.6) is 0 Å². The topological polar surface area (TPSA) is 67.5 Å². The summed E-state index contributed by atoms with van der Waals surface area (Å²) in [5.74, 6) is 0. The van der Waals surface area contributed by atoms with Gasteiger partial charge in [0.1, 0.15) is 5.69 Å². The fourth-order valence-corrected chi connectivity index (χ4v) is 2.35. The van der Waals surface area contributed by atoms with E-state index in [9.17, 15) is 10.1 Å². The highest BCUT2D eigenvalue weighted by Crippen LogP contribution is 2.27. The number of nitro benzene ring substituents is 1. The summed E-state index contributed by atoms with van der Waals surface area (Å²) in [4.78, 5) is 10.3. The summed E-state index contributed by atoms with van der Waals surface area (Å²) in [7, 11) is 0. The smallest absolute Gasteiger partial charge is 0.270 e. The molecule has 0 fully saturated rings. The molecular formula is C11H7Cl2N3O2S. The quantitative estimate of drug-likeness (QED) is 0.519. The molecule has 1 heterocycles. The van der Waals surface area contributed by atoms with E-state index in [1.54, 1.807) is 6.07 Å². The van der Waals surface area contributed by atoms with Crippen molar-refractivity contribution in [2.24, 2.45) is 5.10 Å². The van der Waals surface area contributed by atoms with Crippen LogP contribution < -0.4 is 5.43 Å². The van der Waals surface area contributed by atoms with Gasteiger partial charge < -0.3 is 0 Å². The van der Waals surface area contributed by atoms with Gasteiger partial charge in [0.2, 0.25) is 0 Å². The number of hydrogen-bond donors (Lipinski definition) is 1. The van der Waals surface area contributed by atoms with Gasteiger partial charge in [-0.3, -0.25) is 15.5 Å². The second-order valence-corrected chi connectivity index (χ2v) is 5.02. The van der Waals surface area contributed by atoms with Crippen LogP contribution in [0.25, 0.3) is 0 Å². The van der Waals surface area contributed by atoms with E-state index in [-0.39, 0.29) is 16.5 Å². The molecule has 0 radical (unpaired) electrons. The van der Waals surface area contributed by atoms with Crippen molar-refractivity contribution in [3.05, 3.63) is 55.7 Å². The lowest BCUT2D eigenvalue weighted by Crippen LogP contribution is -1.99. The number of anilines is 1. The van der Waals surface area contributed by atoms with Gasteiger partial charge in [-0.05, 0) is 23.6 Å². The molecule has 1 N–H and O–H groups in total. The fourth-order valence-electron chi connectivity index (χ4n) is 1.31. The molecule has 19 heavy (non-hydrogen) atoms. The molecule has 0 saturated carbocycles. The number of nitrogens with one attached hydrogen (secondary N) is 1. The first-order chi connectivity index (χ1) is 9.08. The maximum absolute atomic E-state index is 10.8. The van der Waals surface area contributed by atoms with E-state index < -0.39 is 4.92 Å². The molecule has 0 unspecified atom stereocenters. The molecule has 0 spiro atoms. The zero-order valence-electron chi connectivity index (χ0n) is 9.34. The number of nitro groups is 1. The highest BCUT2D eigenvalue weighted by Gasteiger charge is 2.13. The minimum atomic E-state index is -0.521. The molecule has 1 aromatic heterocycles. The van der Waals surface area contributed by atoms with Crippen LogP contribution in [0, 0.1) is 10.1 Å². The Hall–Kier alpha value is -1.63. The number of thiophene rings is 1. The lowest BCUT2D eigenvalue weighted by molar-refractivity contribution is -0.384. The van der Waals surface area contributed by atoms with Crippen molar-refractivity contribution in [3.8, 4) is 0 Å². The SMILES string of the molecule is O=[N+]([O-])c1ccc(Cl)cc1N/N=C(/Cl)c1ccsc1. The number of rotatable bonds is 4. The molecule has 2 aromatic rings. The van der Waals surface area contributed by atoms with Crippen molar-refractivity contribution in [2.45, 2.75) is 0 Å². The van der Waals surface area contributed by atoms with E-state index in [0.29, 0.717) is 5.02 Å². The molecule has 0 aliphatic heterocycles. The third kappa shape index (κ3) is 3.44. The average molecular weight is 316 g/mol. The molecule has 0 bridgehead atoms. The van der Waals surface area contributed by atoms with Crippen LogP contribution in [-0.4, -0.2) is 10.1 Å². The first-order valence-corrected chi connectivity index (χ1v) is 6.73. The van der Waals surface area contributed by atoms with Crippen LogP contribution in [-0.2, 0) is 0 Å². The Balaban J connectivity index is 2.26. The van der Waals surface area contributed by atoms with Gasteiger partial charge >= 0.3 is 0 Å². The molecule has 0 atom stereocenters. The summed E-state index contributed by atoms with van der Waals surface area (Å²) in [6, 6.07) is 5.96. The third-order valence-electron chi connectivity index (χ3n) is 2.19. The summed E-state index contributed by atoms with van der Waals surface area (Å²) in [5, 5.41) is 19.0. The molecule has 0 saturated heterocycles. The summed E-state index contributed by atoms with van der Waals surface area (Å²) in [6.45, 7) is 0. The Morgan fingerprint density at radius 1 is 1.42 bits per heavy atom. The number of hydrazone groups is 1. The first-order valence-electron chi connectivity index (χ1n) is 5.03. The van der Waals surface area contributed by atoms with Gasteiger partial charge in [-0.25, -0.2) is 0 Å². The van der Waals surface area contributed by atoms with Crippen LogP contribution >= 0.6 is 34.5 Å². The summed E-state index contributed by atoms with van der Waals surface area (Å²) >= 11 is 13.2. The second-order valence-electron chi connectivity index (χ2n) is 3.45. The Labute approximate surface area is 122 Å². The van der Waals surface area contributed by atoms with Crippen molar-refractivity contribution >= 4 is 51.1 Å². The molecule has 0 amide bonds. The van der Waals surface area contributed by atoms with E-state index >= 15 is 0 Å². The zero-order valence-corrected chi connectivity index (χ0v) is 11.7. The molecule has 5 nitrogen and oxygen atoms in total. The number of halogens is 2. The average Bonchev–Trinajstić information content (AvgIpc) is 2.89. The van der Waals surface area contributed by atoms with Crippen LogP contribution in [0.3, 0.4) is 0 Å². The predicted molar refractivity (Wildman–Crippen MR) is 78.4 cm³/mol. The highest BCUT2D eigenvalue weighted by molar-refractivity contribution is 7.08. The van der Waals surface area contributed by atoms with Crippen LogP contribution in [0.4, 0.5) is 11.4 Å². The third-order valence-corrected chi connectivity index (χ3v) is 3.41. The van der Waals surface area contributed by atoms with Gasteiger partial charge in [-0.2, -0.15) is 16.4 Å². The van der Waals surface area contributed by atoms with Crippen molar-refractivity contribution in [1.29, 1.82) is 0 Å². The predicted octanol–water partition coefficient (Wildman–Crippen LogP) is 4.32. The summed E-state index contributed by atoms with van der Waals surface area (Å²) < 4.78 is 0. The Bertz CT molecular complexity index is 629. The molecule has 8 heteroatoms. The molecule has 2 rings (SSSR count). The fraction of sp³-hybridized carbons (Fsp3) is 0. The van der Waals surface area contributed by atoms with Crippen molar-refractivity contribution in [2.75, 3.05) is 5.43 Å². The molecule has 0 aliphatic rings. The lowest BCUT2D eigenvalue weighted by atomic mass is 10.3. The van der Waals surface area contributed by atoms with Crippen LogP contribution in [0.15, 0.2) is 40.1 Å². The number of nitrogens with zero attached hydrogens (tertiary/aromatic N) is 2. The van der Waals surface area contributed by atoms with E-state index in [2.05, 4.69) is 10.5 Å². The second kappa shape index (κ2) is 6.01. The Morgan fingerprint density at radius 2 is 2.21 bits per heavy atom. The van der Waals surface area contributed by atoms with Gasteiger partial charge in [-0.15, -0.1) is 0 Å². The van der Waals surface area contributed by atoms with Gasteiger partial charge in [0.15, 0.2) is 5.17 Å². The van der Waals surface area contributed by atoms with Gasteiger partial charge in [0.25, 0.3) is 5.69 Å². The van der Waals surface area contributed by atoms with Crippen LogP contribution in [0.1, 0.15) is 5.56 Å². The molecular weight excluding hydrogens is 309 g/mol.